The van der Waals surface area contributed by atoms with Crippen molar-refractivity contribution < 1.29 is 4.74 Å². The minimum Gasteiger partial charge on any atom is -0.495 e. The summed E-state index contributed by atoms with van der Waals surface area (Å²) in [5.74, 6) is 3.26. The molecule has 2 aromatic heterocycles. The van der Waals surface area contributed by atoms with E-state index in [1.165, 1.54) is 0 Å². The number of guanidine groups is 1. The molecule has 0 saturated carbocycles. The Balaban J connectivity index is 1.65. The van der Waals surface area contributed by atoms with Crippen LogP contribution in [-0.2, 0) is 5.75 Å². The van der Waals surface area contributed by atoms with Crippen LogP contribution < -0.4 is 20.7 Å². The van der Waals surface area contributed by atoms with E-state index in [4.69, 9.17) is 17.0 Å². The van der Waals surface area contributed by atoms with Crippen molar-refractivity contribution in [2.75, 3.05) is 30.0 Å². The summed E-state index contributed by atoms with van der Waals surface area (Å²) in [7, 11) is 1.62. The Hall–Kier alpha value is -3.18. The number of nitrogens with one attached hydrogen (secondary N) is 4. The summed E-state index contributed by atoms with van der Waals surface area (Å²) in [5, 5.41) is 9.78. The molecule has 0 bridgehead atoms. The van der Waals surface area contributed by atoms with Crippen molar-refractivity contribution >= 4 is 46.7 Å². The molecule has 0 unspecified atom stereocenters. The number of imidazole rings is 1. The fraction of sp³-hybridized carbons (Fsp3) is 0.318. The molecule has 3 aromatic rings. The van der Waals surface area contributed by atoms with Crippen LogP contribution in [-0.4, -0.2) is 50.4 Å². The first-order valence-electron chi connectivity index (χ1n) is 10.4. The number of hydrogen-bond acceptors (Lipinski definition) is 7. The summed E-state index contributed by atoms with van der Waals surface area (Å²) in [6.07, 6.45) is 1.72. The quantitative estimate of drug-likeness (QED) is 0.164. The van der Waals surface area contributed by atoms with Crippen molar-refractivity contribution in [1.82, 2.24) is 25.3 Å². The summed E-state index contributed by atoms with van der Waals surface area (Å²) in [4.78, 5) is 20.9. The highest BCUT2D eigenvalue weighted by atomic mass is 32.2. The maximum Gasteiger partial charge on any atom is 0.229 e. The zero-order valence-corrected chi connectivity index (χ0v) is 20.7. The van der Waals surface area contributed by atoms with E-state index in [2.05, 4.69) is 40.9 Å². The number of anilines is 2. The van der Waals surface area contributed by atoms with Gasteiger partial charge in [-0.1, -0.05) is 12.1 Å². The molecule has 0 fully saturated rings. The highest BCUT2D eigenvalue weighted by Gasteiger charge is 2.09. The van der Waals surface area contributed by atoms with Crippen LogP contribution in [0.3, 0.4) is 0 Å². The van der Waals surface area contributed by atoms with Gasteiger partial charge in [-0.2, -0.15) is 11.8 Å². The Morgan fingerprint density at radius 3 is 2.61 bits per heavy atom. The van der Waals surface area contributed by atoms with E-state index >= 15 is 0 Å². The lowest BCUT2D eigenvalue weighted by Crippen LogP contribution is -2.39. The van der Waals surface area contributed by atoms with Gasteiger partial charge in [0.25, 0.3) is 0 Å². The van der Waals surface area contributed by atoms with Crippen LogP contribution in [0.2, 0.25) is 0 Å². The summed E-state index contributed by atoms with van der Waals surface area (Å²) in [6.45, 7) is 6.44. The maximum atomic E-state index is 5.50. The highest BCUT2D eigenvalue weighted by Crippen LogP contribution is 2.22. The van der Waals surface area contributed by atoms with E-state index in [1.54, 1.807) is 25.2 Å². The van der Waals surface area contributed by atoms with Gasteiger partial charge in [0.05, 0.1) is 31.4 Å². The van der Waals surface area contributed by atoms with E-state index in [0.29, 0.717) is 29.3 Å². The number of rotatable bonds is 8. The second kappa shape index (κ2) is 12.2. The van der Waals surface area contributed by atoms with E-state index in [-0.39, 0.29) is 0 Å². The molecule has 11 heteroatoms. The van der Waals surface area contributed by atoms with Crippen LogP contribution in [0.25, 0.3) is 0 Å². The molecule has 9 nitrogen and oxygen atoms in total. The van der Waals surface area contributed by atoms with Crippen LogP contribution >= 0.6 is 24.0 Å². The topological polar surface area (TPSA) is 112 Å². The van der Waals surface area contributed by atoms with Crippen molar-refractivity contribution in [1.29, 1.82) is 0 Å². The van der Waals surface area contributed by atoms with Gasteiger partial charge in [0, 0.05) is 28.6 Å². The average Bonchev–Trinajstić information content (AvgIpc) is 3.17. The molecule has 0 spiro atoms. The molecular weight excluding hydrogens is 456 g/mol. The number of aryl methyl sites for hydroxylation is 3. The molecule has 2 heterocycles. The number of ether oxygens (including phenoxy) is 1. The molecule has 0 radical (unpaired) electrons. The third-order valence-electron chi connectivity index (χ3n) is 4.48. The number of methoxy groups -OCH3 is 1. The van der Waals surface area contributed by atoms with Gasteiger partial charge in [0.2, 0.25) is 11.9 Å². The normalized spacial score (nSPS) is 11.2. The molecule has 0 aliphatic heterocycles. The number of hydrogen-bond donors (Lipinski definition) is 4. The standard InChI is InChI=1S/C22H28N8OS2/c1-14-11-15(2)27-21(26-14)29-20(23-9-10-33-12-18-16(3)24-13-25-18)30-22(32)28-17-7-5-6-8-19(17)31-4/h5-8,11,13H,9-10,12H2,1-4H3,(H,24,25)(H3,23,26,27,28,29,30,32). The number of para-hydroxylation sites is 2. The first kappa shape index (κ1) is 24.5. The van der Waals surface area contributed by atoms with Gasteiger partial charge in [-0.25, -0.2) is 15.0 Å². The fourth-order valence-corrected chi connectivity index (χ4v) is 3.99. The van der Waals surface area contributed by atoms with Crippen molar-refractivity contribution in [2.45, 2.75) is 26.5 Å². The molecule has 0 aliphatic carbocycles. The van der Waals surface area contributed by atoms with E-state index < -0.39 is 0 Å². The largest absolute Gasteiger partial charge is 0.495 e. The van der Waals surface area contributed by atoms with Gasteiger partial charge in [-0.15, -0.1) is 0 Å². The molecule has 3 rings (SSSR count). The first-order chi connectivity index (χ1) is 15.9. The number of aliphatic imine (C=N–C) groups is 1. The van der Waals surface area contributed by atoms with Crippen LogP contribution in [0.5, 0.6) is 5.75 Å². The van der Waals surface area contributed by atoms with Crippen molar-refractivity contribution in [3.8, 4) is 5.75 Å². The predicted octanol–water partition coefficient (Wildman–Crippen LogP) is 3.82. The van der Waals surface area contributed by atoms with Crippen molar-refractivity contribution in [3.63, 3.8) is 0 Å². The zero-order valence-electron chi connectivity index (χ0n) is 19.1. The Labute approximate surface area is 203 Å². The summed E-state index contributed by atoms with van der Waals surface area (Å²) in [5.41, 5.74) is 4.64. The lowest BCUT2D eigenvalue weighted by molar-refractivity contribution is 0.417. The number of aromatic amines is 1. The van der Waals surface area contributed by atoms with Gasteiger partial charge >= 0.3 is 0 Å². The number of aromatic nitrogens is 4. The molecule has 1 aromatic carbocycles. The smallest absolute Gasteiger partial charge is 0.229 e. The molecule has 4 N–H and O–H groups in total. The number of H-pyrrole nitrogens is 1. The monoisotopic (exact) mass is 484 g/mol. The van der Waals surface area contributed by atoms with Gasteiger partial charge in [0.1, 0.15) is 5.75 Å². The summed E-state index contributed by atoms with van der Waals surface area (Å²) in [6, 6.07) is 9.46. The van der Waals surface area contributed by atoms with E-state index in [1.807, 2.05) is 51.1 Å². The molecule has 0 saturated heterocycles. The summed E-state index contributed by atoms with van der Waals surface area (Å²) < 4.78 is 5.38. The van der Waals surface area contributed by atoms with Crippen molar-refractivity contribution in [3.05, 3.63) is 59.4 Å². The lowest BCUT2D eigenvalue weighted by atomic mass is 10.3. The van der Waals surface area contributed by atoms with Crippen LogP contribution in [0, 0.1) is 20.8 Å². The third-order valence-corrected chi connectivity index (χ3v) is 5.63. The Bertz CT molecular complexity index is 1100. The Morgan fingerprint density at radius 2 is 1.91 bits per heavy atom. The fourth-order valence-electron chi connectivity index (χ4n) is 2.93. The van der Waals surface area contributed by atoms with Crippen LogP contribution in [0.4, 0.5) is 11.6 Å². The number of nitrogens with zero attached hydrogens (tertiary/aromatic N) is 4. The second-order valence-electron chi connectivity index (χ2n) is 7.14. The SMILES string of the molecule is COc1ccccc1NC(=S)NC(=NCCSCc1nc[nH]c1C)Nc1nc(C)cc(C)n1. The van der Waals surface area contributed by atoms with Gasteiger partial charge in [-0.3, -0.25) is 10.3 Å². The van der Waals surface area contributed by atoms with Gasteiger partial charge in [-0.05, 0) is 51.2 Å². The third kappa shape index (κ3) is 7.72. The van der Waals surface area contributed by atoms with Crippen LogP contribution in [0.15, 0.2) is 41.7 Å². The van der Waals surface area contributed by atoms with Crippen LogP contribution in [0.1, 0.15) is 22.8 Å². The first-order valence-corrected chi connectivity index (χ1v) is 11.9. The molecule has 0 aliphatic rings. The number of thioether (sulfide) groups is 1. The highest BCUT2D eigenvalue weighted by molar-refractivity contribution is 7.98. The molecule has 33 heavy (non-hydrogen) atoms. The van der Waals surface area contributed by atoms with E-state index in [0.717, 1.165) is 40.0 Å². The lowest BCUT2D eigenvalue weighted by Gasteiger charge is -2.15. The minimum absolute atomic E-state index is 0.370. The summed E-state index contributed by atoms with van der Waals surface area (Å²) >= 11 is 7.26. The van der Waals surface area contributed by atoms with Crippen molar-refractivity contribution in [2.24, 2.45) is 4.99 Å². The molecule has 0 atom stereocenters. The van der Waals surface area contributed by atoms with E-state index in [9.17, 15) is 0 Å². The minimum atomic E-state index is 0.370. The molecule has 174 valence electrons. The van der Waals surface area contributed by atoms with Gasteiger partial charge in [0.15, 0.2) is 5.11 Å². The average molecular weight is 485 g/mol. The Morgan fingerprint density at radius 1 is 1.15 bits per heavy atom. The Kier molecular flexibility index (Phi) is 9.02. The molecule has 0 amide bonds. The predicted molar refractivity (Wildman–Crippen MR) is 139 cm³/mol. The maximum absolute atomic E-state index is 5.50. The second-order valence-corrected chi connectivity index (χ2v) is 8.65. The van der Waals surface area contributed by atoms with Gasteiger partial charge < -0.3 is 20.4 Å². The number of thiocarbonyl (C=S) groups is 1. The number of benzene rings is 1. The molecular formula is C22H28N8OS2. The zero-order chi connectivity index (χ0) is 23.6.